The maximum atomic E-state index is 5.59. The summed E-state index contributed by atoms with van der Waals surface area (Å²) >= 11 is 7.45. The van der Waals surface area contributed by atoms with Gasteiger partial charge in [0.15, 0.2) is 0 Å². The van der Waals surface area contributed by atoms with E-state index in [1.165, 1.54) is 0 Å². The number of hydrogen-bond donors (Lipinski definition) is 0. The predicted molar refractivity (Wildman–Crippen MR) is 50.4 cm³/mol. The lowest BCUT2D eigenvalue weighted by Crippen LogP contribution is -2.31. The fraction of sp³-hybridized carbons (Fsp3) is 1.00. The normalized spacial score (nSPS) is 24.8. The molecule has 0 aromatic carbocycles. The Kier molecular flexibility index (Phi) is 4.60. The Morgan fingerprint density at radius 3 is 3.09 bits per heavy atom. The topological polar surface area (TPSA) is 12.5 Å². The maximum Gasteiger partial charge on any atom is 0.0926 e. The molecule has 1 saturated heterocycles. The summed E-state index contributed by atoms with van der Waals surface area (Å²) in [6.45, 7) is 1.96. The summed E-state index contributed by atoms with van der Waals surface area (Å²) in [6, 6.07) is 0. The highest BCUT2D eigenvalue weighted by Crippen LogP contribution is 2.16. The van der Waals surface area contributed by atoms with Gasteiger partial charge < -0.3 is 9.64 Å². The summed E-state index contributed by atoms with van der Waals surface area (Å²) in [6.07, 6.45) is 0.424. The Labute approximate surface area is 77.2 Å². The highest BCUT2D eigenvalue weighted by molar-refractivity contribution is 7.99. The zero-order valence-corrected chi connectivity index (χ0v) is 8.33. The average Bonchev–Trinajstić information content (AvgIpc) is 2.40. The number of hydrogen-bond acceptors (Lipinski definition) is 3. The van der Waals surface area contributed by atoms with E-state index in [1.54, 1.807) is 0 Å². The number of alkyl halides is 1. The van der Waals surface area contributed by atoms with Crippen LogP contribution in [0.2, 0.25) is 0 Å². The van der Waals surface area contributed by atoms with Crippen LogP contribution in [0, 0.1) is 0 Å². The molecule has 0 aliphatic carbocycles. The molecule has 1 atom stereocenters. The van der Waals surface area contributed by atoms with E-state index < -0.39 is 0 Å². The minimum atomic E-state index is 0.424. The van der Waals surface area contributed by atoms with Gasteiger partial charge >= 0.3 is 0 Å². The molecule has 0 saturated carbocycles. The quantitative estimate of drug-likeness (QED) is 0.627. The van der Waals surface area contributed by atoms with Gasteiger partial charge in [-0.1, -0.05) is 0 Å². The van der Waals surface area contributed by atoms with Crippen LogP contribution in [0.5, 0.6) is 0 Å². The highest BCUT2D eigenvalue weighted by atomic mass is 35.5. The molecular formula is C7H14ClNOS. The summed E-state index contributed by atoms with van der Waals surface area (Å²) in [4.78, 5) is 2.21. The monoisotopic (exact) mass is 195 g/mol. The molecule has 0 unspecified atom stereocenters. The molecule has 0 amide bonds. The molecule has 11 heavy (non-hydrogen) atoms. The smallest absolute Gasteiger partial charge is 0.0926 e. The third-order valence-corrected chi connectivity index (χ3v) is 2.75. The van der Waals surface area contributed by atoms with E-state index in [0.717, 1.165) is 24.8 Å². The van der Waals surface area contributed by atoms with Crippen molar-refractivity contribution >= 4 is 23.4 Å². The molecule has 2 nitrogen and oxygen atoms in total. The van der Waals surface area contributed by atoms with Crippen molar-refractivity contribution in [2.24, 2.45) is 0 Å². The fourth-order valence-corrected chi connectivity index (χ4v) is 2.20. The van der Waals surface area contributed by atoms with Gasteiger partial charge in [0.1, 0.15) is 0 Å². The Morgan fingerprint density at radius 1 is 1.73 bits per heavy atom. The lowest BCUT2D eigenvalue weighted by molar-refractivity contribution is 0.0935. The van der Waals surface area contributed by atoms with Gasteiger partial charge in [-0.25, -0.2) is 0 Å². The summed E-state index contributed by atoms with van der Waals surface area (Å²) in [5.41, 5.74) is 0. The SMILES string of the molecule is CN(CCCl)C[C@@H]1CSCO1. The van der Waals surface area contributed by atoms with E-state index >= 15 is 0 Å². The Bertz CT molecular complexity index is 109. The lowest BCUT2D eigenvalue weighted by atomic mass is 10.4. The van der Waals surface area contributed by atoms with Crippen molar-refractivity contribution in [2.45, 2.75) is 6.10 Å². The molecule has 1 rings (SSSR count). The molecular weight excluding hydrogens is 182 g/mol. The van der Waals surface area contributed by atoms with Crippen molar-refractivity contribution in [1.29, 1.82) is 0 Å². The van der Waals surface area contributed by atoms with E-state index in [9.17, 15) is 0 Å². The molecule has 1 heterocycles. The fourth-order valence-electron chi connectivity index (χ4n) is 1.06. The van der Waals surface area contributed by atoms with Crippen molar-refractivity contribution in [3.05, 3.63) is 0 Å². The molecule has 0 spiro atoms. The number of thioether (sulfide) groups is 1. The van der Waals surface area contributed by atoms with Crippen LogP contribution in [0.15, 0.2) is 0 Å². The van der Waals surface area contributed by atoms with Gasteiger partial charge in [-0.3, -0.25) is 0 Å². The zero-order valence-electron chi connectivity index (χ0n) is 6.75. The van der Waals surface area contributed by atoms with E-state index in [2.05, 4.69) is 11.9 Å². The van der Waals surface area contributed by atoms with Gasteiger partial charge in [0, 0.05) is 24.7 Å². The van der Waals surface area contributed by atoms with E-state index in [0.29, 0.717) is 12.0 Å². The lowest BCUT2D eigenvalue weighted by Gasteiger charge is -2.18. The first-order chi connectivity index (χ1) is 5.33. The second-order valence-electron chi connectivity index (χ2n) is 2.73. The van der Waals surface area contributed by atoms with E-state index in [-0.39, 0.29) is 0 Å². The first-order valence-electron chi connectivity index (χ1n) is 3.77. The van der Waals surface area contributed by atoms with Crippen molar-refractivity contribution in [3.8, 4) is 0 Å². The minimum Gasteiger partial charge on any atom is -0.365 e. The number of ether oxygens (including phenoxy) is 1. The molecule has 0 N–H and O–H groups in total. The van der Waals surface area contributed by atoms with Crippen molar-refractivity contribution < 1.29 is 4.74 Å². The van der Waals surface area contributed by atoms with E-state index in [4.69, 9.17) is 16.3 Å². The third kappa shape index (κ3) is 3.65. The van der Waals surface area contributed by atoms with Gasteiger partial charge in [-0.15, -0.1) is 23.4 Å². The third-order valence-electron chi connectivity index (χ3n) is 1.67. The van der Waals surface area contributed by atoms with E-state index in [1.807, 2.05) is 11.8 Å². The predicted octanol–water partition coefficient (Wildman–Crippen LogP) is 1.25. The van der Waals surface area contributed by atoms with Crippen molar-refractivity contribution in [1.82, 2.24) is 4.90 Å². The minimum absolute atomic E-state index is 0.424. The van der Waals surface area contributed by atoms with Crippen LogP contribution >= 0.6 is 23.4 Å². The van der Waals surface area contributed by atoms with Crippen molar-refractivity contribution in [3.63, 3.8) is 0 Å². The molecule has 4 heteroatoms. The average molecular weight is 196 g/mol. The van der Waals surface area contributed by atoms with Gasteiger partial charge in [0.25, 0.3) is 0 Å². The maximum absolute atomic E-state index is 5.59. The summed E-state index contributed by atoms with van der Waals surface area (Å²) in [5.74, 6) is 2.70. The molecule has 0 radical (unpaired) electrons. The number of halogens is 1. The van der Waals surface area contributed by atoms with Crippen LogP contribution in [-0.2, 0) is 4.74 Å². The number of likely N-dealkylation sites (N-methyl/N-ethyl adjacent to an activating group) is 1. The second kappa shape index (κ2) is 5.25. The summed E-state index contributed by atoms with van der Waals surface area (Å²) < 4.78 is 5.45. The van der Waals surface area contributed by atoms with Crippen LogP contribution in [0.25, 0.3) is 0 Å². The molecule has 1 aliphatic rings. The molecule has 1 fully saturated rings. The van der Waals surface area contributed by atoms with Gasteiger partial charge in [-0.2, -0.15) is 0 Å². The summed E-state index contributed by atoms with van der Waals surface area (Å²) in [7, 11) is 2.08. The zero-order chi connectivity index (χ0) is 8.10. The number of rotatable bonds is 4. The van der Waals surface area contributed by atoms with Crippen LogP contribution in [0.3, 0.4) is 0 Å². The van der Waals surface area contributed by atoms with Gasteiger partial charge in [-0.05, 0) is 7.05 Å². The van der Waals surface area contributed by atoms with Crippen LogP contribution in [0.4, 0.5) is 0 Å². The Hall–Kier alpha value is 0.560. The Balaban J connectivity index is 2.08. The molecule has 0 bridgehead atoms. The van der Waals surface area contributed by atoms with Gasteiger partial charge in [0.2, 0.25) is 0 Å². The molecule has 1 aliphatic heterocycles. The molecule has 0 aromatic rings. The highest BCUT2D eigenvalue weighted by Gasteiger charge is 2.17. The van der Waals surface area contributed by atoms with Crippen LogP contribution < -0.4 is 0 Å². The van der Waals surface area contributed by atoms with Crippen LogP contribution in [0.1, 0.15) is 0 Å². The summed E-state index contributed by atoms with van der Waals surface area (Å²) in [5, 5.41) is 0. The van der Waals surface area contributed by atoms with Crippen molar-refractivity contribution in [2.75, 3.05) is 37.7 Å². The second-order valence-corrected chi connectivity index (χ2v) is 4.08. The Morgan fingerprint density at radius 2 is 2.55 bits per heavy atom. The number of nitrogens with zero attached hydrogens (tertiary/aromatic N) is 1. The first-order valence-corrected chi connectivity index (χ1v) is 5.45. The largest absolute Gasteiger partial charge is 0.365 e. The van der Waals surface area contributed by atoms with Crippen LogP contribution in [-0.4, -0.2) is 48.7 Å². The molecule has 0 aromatic heterocycles. The standard InChI is InChI=1S/C7H14ClNOS/c1-9(3-2-8)4-7-5-11-6-10-7/h7H,2-6H2,1H3/t7-/m1/s1. The first kappa shape index (κ1) is 9.65. The van der Waals surface area contributed by atoms with Gasteiger partial charge in [0.05, 0.1) is 12.0 Å². The molecule has 66 valence electrons.